The van der Waals surface area contributed by atoms with Crippen molar-refractivity contribution in [2.75, 3.05) is 7.05 Å². The van der Waals surface area contributed by atoms with Crippen molar-refractivity contribution in [2.24, 2.45) is 0 Å². The first-order valence-electron chi connectivity index (χ1n) is 6.70. The number of hydrogen-bond donors (Lipinski definition) is 1. The lowest BCUT2D eigenvalue weighted by atomic mass is 9.98. The molecular formula is C16H18Cl2N2. The Labute approximate surface area is 130 Å². The standard InChI is InChI=1S/C16H18Cl2N2/c1-3-12-5-4-8-20-16(12)15(19-2)10-11-6-7-13(17)14(18)9-11/h4-9,15,19H,3,10H2,1-2H3. The van der Waals surface area contributed by atoms with E-state index in [2.05, 4.69) is 23.3 Å². The summed E-state index contributed by atoms with van der Waals surface area (Å²) in [4.78, 5) is 4.54. The van der Waals surface area contributed by atoms with E-state index in [1.807, 2.05) is 37.5 Å². The monoisotopic (exact) mass is 308 g/mol. The number of nitrogens with zero attached hydrogens (tertiary/aromatic N) is 1. The van der Waals surface area contributed by atoms with Crippen LogP contribution < -0.4 is 5.32 Å². The molecule has 1 N–H and O–H groups in total. The van der Waals surface area contributed by atoms with Crippen LogP contribution in [0.4, 0.5) is 0 Å². The molecule has 0 saturated carbocycles. The predicted molar refractivity (Wildman–Crippen MR) is 85.6 cm³/mol. The quantitative estimate of drug-likeness (QED) is 0.882. The Balaban J connectivity index is 2.26. The summed E-state index contributed by atoms with van der Waals surface area (Å²) in [5.74, 6) is 0. The van der Waals surface area contributed by atoms with Crippen molar-refractivity contribution in [1.82, 2.24) is 10.3 Å². The Morgan fingerprint density at radius 3 is 2.65 bits per heavy atom. The topological polar surface area (TPSA) is 24.9 Å². The summed E-state index contributed by atoms with van der Waals surface area (Å²) in [6.07, 6.45) is 3.65. The zero-order chi connectivity index (χ0) is 14.5. The Kier molecular flexibility index (Phi) is 5.41. The third-order valence-corrected chi connectivity index (χ3v) is 4.15. The fourth-order valence-electron chi connectivity index (χ4n) is 2.30. The molecule has 20 heavy (non-hydrogen) atoms. The highest BCUT2D eigenvalue weighted by Crippen LogP contribution is 2.26. The van der Waals surface area contributed by atoms with Crippen LogP contribution >= 0.6 is 23.2 Å². The second-order valence-electron chi connectivity index (χ2n) is 4.70. The Morgan fingerprint density at radius 2 is 2.00 bits per heavy atom. The van der Waals surface area contributed by atoms with Gasteiger partial charge in [0, 0.05) is 6.20 Å². The predicted octanol–water partition coefficient (Wildman–Crippen LogP) is 4.45. The molecule has 4 heteroatoms. The normalized spacial score (nSPS) is 12.4. The molecule has 1 aromatic carbocycles. The first-order chi connectivity index (χ1) is 9.65. The van der Waals surface area contributed by atoms with Gasteiger partial charge in [-0.3, -0.25) is 4.98 Å². The molecule has 2 rings (SSSR count). The van der Waals surface area contributed by atoms with Crippen LogP contribution in [0.15, 0.2) is 36.5 Å². The van der Waals surface area contributed by atoms with Gasteiger partial charge in [0.2, 0.25) is 0 Å². The van der Waals surface area contributed by atoms with Crippen molar-refractivity contribution in [1.29, 1.82) is 0 Å². The van der Waals surface area contributed by atoms with Crippen LogP contribution in [0.5, 0.6) is 0 Å². The minimum absolute atomic E-state index is 0.170. The average Bonchev–Trinajstić information content (AvgIpc) is 2.48. The molecule has 1 heterocycles. The first-order valence-corrected chi connectivity index (χ1v) is 7.46. The minimum Gasteiger partial charge on any atom is -0.311 e. The van der Waals surface area contributed by atoms with Crippen LogP contribution in [-0.4, -0.2) is 12.0 Å². The minimum atomic E-state index is 0.170. The second kappa shape index (κ2) is 7.07. The maximum Gasteiger partial charge on any atom is 0.0608 e. The fraction of sp³-hybridized carbons (Fsp3) is 0.312. The summed E-state index contributed by atoms with van der Waals surface area (Å²) in [6, 6.07) is 10.0. The zero-order valence-electron chi connectivity index (χ0n) is 11.7. The average molecular weight is 309 g/mol. The molecule has 1 unspecified atom stereocenters. The number of aromatic nitrogens is 1. The molecule has 2 nitrogen and oxygen atoms in total. The summed E-state index contributed by atoms with van der Waals surface area (Å²) in [5, 5.41) is 4.52. The molecule has 1 aromatic heterocycles. The highest BCUT2D eigenvalue weighted by Gasteiger charge is 2.15. The molecule has 1 atom stereocenters. The van der Waals surface area contributed by atoms with Gasteiger partial charge >= 0.3 is 0 Å². The second-order valence-corrected chi connectivity index (χ2v) is 5.51. The van der Waals surface area contributed by atoms with E-state index in [-0.39, 0.29) is 6.04 Å². The third kappa shape index (κ3) is 3.51. The molecule has 0 bridgehead atoms. The highest BCUT2D eigenvalue weighted by atomic mass is 35.5. The summed E-state index contributed by atoms with van der Waals surface area (Å²) < 4.78 is 0. The van der Waals surface area contributed by atoms with Gasteiger partial charge in [0.1, 0.15) is 0 Å². The van der Waals surface area contributed by atoms with Gasteiger partial charge in [-0.05, 0) is 49.2 Å². The molecule has 106 valence electrons. The third-order valence-electron chi connectivity index (χ3n) is 3.41. The van der Waals surface area contributed by atoms with Crippen molar-refractivity contribution in [3.8, 4) is 0 Å². The largest absolute Gasteiger partial charge is 0.311 e. The van der Waals surface area contributed by atoms with E-state index in [1.54, 1.807) is 0 Å². The molecule has 0 amide bonds. The molecule has 0 radical (unpaired) electrons. The lowest BCUT2D eigenvalue weighted by Crippen LogP contribution is -2.21. The number of rotatable bonds is 5. The van der Waals surface area contributed by atoms with E-state index in [1.165, 1.54) is 5.56 Å². The van der Waals surface area contributed by atoms with Gasteiger partial charge < -0.3 is 5.32 Å². The lowest BCUT2D eigenvalue weighted by molar-refractivity contribution is 0.570. The number of aryl methyl sites for hydroxylation is 1. The van der Waals surface area contributed by atoms with Crippen LogP contribution in [0.2, 0.25) is 10.0 Å². The van der Waals surface area contributed by atoms with E-state index in [0.29, 0.717) is 10.0 Å². The fourth-order valence-corrected chi connectivity index (χ4v) is 2.62. The lowest BCUT2D eigenvalue weighted by Gasteiger charge is -2.19. The van der Waals surface area contributed by atoms with E-state index in [0.717, 1.165) is 24.1 Å². The van der Waals surface area contributed by atoms with Gasteiger partial charge in [0.25, 0.3) is 0 Å². The highest BCUT2D eigenvalue weighted by molar-refractivity contribution is 6.42. The number of pyridine rings is 1. The maximum absolute atomic E-state index is 6.08. The molecule has 0 aliphatic carbocycles. The SMILES string of the molecule is CCc1cccnc1C(Cc1ccc(Cl)c(Cl)c1)NC. The Hall–Kier alpha value is -1.09. The van der Waals surface area contributed by atoms with E-state index in [4.69, 9.17) is 23.2 Å². The van der Waals surface area contributed by atoms with Crippen molar-refractivity contribution in [2.45, 2.75) is 25.8 Å². The Morgan fingerprint density at radius 1 is 1.20 bits per heavy atom. The van der Waals surface area contributed by atoms with E-state index < -0.39 is 0 Å². The summed E-state index contributed by atoms with van der Waals surface area (Å²) >= 11 is 12.0. The van der Waals surface area contributed by atoms with Gasteiger partial charge in [-0.25, -0.2) is 0 Å². The smallest absolute Gasteiger partial charge is 0.0608 e. The van der Waals surface area contributed by atoms with Gasteiger partial charge in [0.15, 0.2) is 0 Å². The number of likely N-dealkylation sites (N-methyl/N-ethyl adjacent to an activating group) is 1. The molecule has 0 fully saturated rings. The summed E-state index contributed by atoms with van der Waals surface area (Å²) in [7, 11) is 1.95. The number of benzene rings is 1. The number of nitrogens with one attached hydrogen (secondary N) is 1. The van der Waals surface area contributed by atoms with Crippen LogP contribution in [-0.2, 0) is 12.8 Å². The number of hydrogen-bond acceptors (Lipinski definition) is 2. The van der Waals surface area contributed by atoms with Crippen LogP contribution in [0, 0.1) is 0 Å². The van der Waals surface area contributed by atoms with E-state index >= 15 is 0 Å². The molecule has 0 spiro atoms. The van der Waals surface area contributed by atoms with Crippen molar-refractivity contribution in [3.63, 3.8) is 0 Å². The van der Waals surface area contributed by atoms with Crippen molar-refractivity contribution in [3.05, 3.63) is 63.4 Å². The summed E-state index contributed by atoms with van der Waals surface area (Å²) in [5.41, 5.74) is 3.52. The van der Waals surface area contributed by atoms with Crippen LogP contribution in [0.3, 0.4) is 0 Å². The number of halogens is 2. The first kappa shape index (κ1) is 15.3. The Bertz CT molecular complexity index is 584. The maximum atomic E-state index is 6.08. The van der Waals surface area contributed by atoms with Crippen molar-refractivity contribution >= 4 is 23.2 Å². The zero-order valence-corrected chi connectivity index (χ0v) is 13.2. The van der Waals surface area contributed by atoms with Gasteiger partial charge in [-0.2, -0.15) is 0 Å². The molecule has 0 aliphatic rings. The van der Waals surface area contributed by atoms with Crippen molar-refractivity contribution < 1.29 is 0 Å². The van der Waals surface area contributed by atoms with Crippen LogP contribution in [0.25, 0.3) is 0 Å². The van der Waals surface area contributed by atoms with Gasteiger partial charge in [-0.15, -0.1) is 0 Å². The summed E-state index contributed by atoms with van der Waals surface area (Å²) in [6.45, 7) is 2.15. The molecule has 2 aromatic rings. The molecular weight excluding hydrogens is 291 g/mol. The van der Waals surface area contributed by atoms with Gasteiger partial charge in [-0.1, -0.05) is 42.3 Å². The molecule has 0 aliphatic heterocycles. The van der Waals surface area contributed by atoms with Gasteiger partial charge in [0.05, 0.1) is 21.8 Å². The molecule has 0 saturated heterocycles. The van der Waals surface area contributed by atoms with E-state index in [9.17, 15) is 0 Å². The van der Waals surface area contributed by atoms with Crippen LogP contribution in [0.1, 0.15) is 29.8 Å².